The molecule has 0 spiro atoms. The van der Waals surface area contributed by atoms with Gasteiger partial charge in [-0.25, -0.2) is 0 Å². The molecule has 2 aliphatic heterocycles. The van der Waals surface area contributed by atoms with E-state index in [0.717, 1.165) is 19.5 Å². The lowest BCUT2D eigenvalue weighted by Gasteiger charge is -2.26. The number of nitrogens with zero attached hydrogens (tertiary/aromatic N) is 1. The van der Waals surface area contributed by atoms with Crippen molar-refractivity contribution in [3.8, 4) is 11.5 Å². The van der Waals surface area contributed by atoms with Gasteiger partial charge in [-0.05, 0) is 30.5 Å². The van der Waals surface area contributed by atoms with Crippen molar-refractivity contribution in [3.05, 3.63) is 59.7 Å². The molecule has 28 heavy (non-hydrogen) atoms. The summed E-state index contributed by atoms with van der Waals surface area (Å²) >= 11 is 0. The first-order valence-electron chi connectivity index (χ1n) is 9.31. The Morgan fingerprint density at radius 3 is 2.54 bits per heavy atom. The second kappa shape index (κ2) is 7.86. The van der Waals surface area contributed by atoms with Crippen molar-refractivity contribution in [2.45, 2.75) is 13.3 Å². The number of hydrogen-bond acceptors (Lipinski definition) is 5. The van der Waals surface area contributed by atoms with E-state index in [-0.39, 0.29) is 25.0 Å². The van der Waals surface area contributed by atoms with E-state index >= 15 is 0 Å². The normalized spacial score (nSPS) is 15.8. The lowest BCUT2D eigenvalue weighted by atomic mass is 9.99. The second-order valence-corrected chi connectivity index (χ2v) is 6.94. The van der Waals surface area contributed by atoms with Crippen LogP contribution in [0.1, 0.15) is 29.3 Å². The molecule has 0 aliphatic carbocycles. The van der Waals surface area contributed by atoms with Crippen LogP contribution in [0.5, 0.6) is 11.5 Å². The van der Waals surface area contributed by atoms with Gasteiger partial charge in [0, 0.05) is 24.7 Å². The molecule has 2 aliphatic rings. The van der Waals surface area contributed by atoms with E-state index < -0.39 is 0 Å². The van der Waals surface area contributed by atoms with Crippen LogP contribution in [0.4, 0.5) is 5.69 Å². The molecular weight excluding hydrogens is 356 g/mol. The SMILES string of the molecule is CC(=O)c1cc2c(cc1NC(=O)CN1CC=C(c3ccccc3)CC1)OCO2. The molecule has 2 heterocycles. The molecular formula is C22H22N2O4. The van der Waals surface area contributed by atoms with Crippen molar-refractivity contribution in [3.63, 3.8) is 0 Å². The number of Topliss-reactive ketones (excluding diaryl/α,β-unsaturated/α-hetero) is 1. The fraction of sp³-hybridized carbons (Fsp3) is 0.273. The van der Waals surface area contributed by atoms with Gasteiger partial charge in [0.2, 0.25) is 12.7 Å². The molecule has 2 aromatic carbocycles. The molecule has 0 radical (unpaired) electrons. The molecule has 4 rings (SSSR count). The van der Waals surface area contributed by atoms with E-state index in [1.807, 2.05) is 18.2 Å². The molecule has 0 saturated heterocycles. The Labute approximate surface area is 163 Å². The zero-order valence-electron chi connectivity index (χ0n) is 15.7. The molecule has 0 saturated carbocycles. The highest BCUT2D eigenvalue weighted by atomic mass is 16.7. The number of hydrogen-bond donors (Lipinski definition) is 1. The van der Waals surface area contributed by atoms with Gasteiger partial charge in [-0.15, -0.1) is 0 Å². The maximum Gasteiger partial charge on any atom is 0.238 e. The second-order valence-electron chi connectivity index (χ2n) is 6.94. The molecule has 0 aromatic heterocycles. The van der Waals surface area contributed by atoms with Gasteiger partial charge in [0.1, 0.15) is 0 Å². The summed E-state index contributed by atoms with van der Waals surface area (Å²) in [5.41, 5.74) is 3.42. The number of ketones is 1. The van der Waals surface area contributed by atoms with E-state index in [2.05, 4.69) is 28.4 Å². The number of carbonyl (C=O) groups is 2. The lowest BCUT2D eigenvalue weighted by molar-refractivity contribution is -0.117. The average molecular weight is 378 g/mol. The standard InChI is InChI=1S/C22H22N2O4/c1-15(25)18-11-20-21(28-14-27-20)12-19(18)23-22(26)13-24-9-7-17(8-10-24)16-5-3-2-4-6-16/h2-7,11-12H,8-10,13-14H2,1H3,(H,23,26). The van der Waals surface area contributed by atoms with Crippen molar-refractivity contribution in [2.24, 2.45) is 0 Å². The van der Waals surface area contributed by atoms with Crippen LogP contribution in [0.2, 0.25) is 0 Å². The van der Waals surface area contributed by atoms with Gasteiger partial charge in [-0.2, -0.15) is 0 Å². The van der Waals surface area contributed by atoms with E-state index in [1.54, 1.807) is 12.1 Å². The molecule has 6 nitrogen and oxygen atoms in total. The van der Waals surface area contributed by atoms with Crippen LogP contribution in [0.3, 0.4) is 0 Å². The fourth-order valence-electron chi connectivity index (χ4n) is 3.50. The summed E-state index contributed by atoms with van der Waals surface area (Å²) in [6.07, 6.45) is 3.08. The molecule has 1 amide bonds. The van der Waals surface area contributed by atoms with Crippen LogP contribution < -0.4 is 14.8 Å². The van der Waals surface area contributed by atoms with Crippen LogP contribution in [0.25, 0.3) is 5.57 Å². The molecule has 0 bridgehead atoms. The first-order chi connectivity index (χ1) is 13.6. The van der Waals surface area contributed by atoms with Crippen molar-refractivity contribution in [1.29, 1.82) is 0 Å². The maximum absolute atomic E-state index is 12.6. The topological polar surface area (TPSA) is 67.9 Å². The van der Waals surface area contributed by atoms with E-state index in [9.17, 15) is 9.59 Å². The Morgan fingerprint density at radius 2 is 1.86 bits per heavy atom. The Hall–Kier alpha value is -3.12. The van der Waals surface area contributed by atoms with Gasteiger partial charge in [-0.1, -0.05) is 36.4 Å². The summed E-state index contributed by atoms with van der Waals surface area (Å²) < 4.78 is 10.7. The zero-order valence-corrected chi connectivity index (χ0v) is 15.7. The van der Waals surface area contributed by atoms with Crippen molar-refractivity contribution >= 4 is 23.0 Å². The quantitative estimate of drug-likeness (QED) is 0.808. The molecule has 0 fully saturated rings. The van der Waals surface area contributed by atoms with Gasteiger partial charge < -0.3 is 14.8 Å². The largest absolute Gasteiger partial charge is 0.454 e. The summed E-state index contributed by atoms with van der Waals surface area (Å²) in [6.45, 7) is 3.39. The zero-order chi connectivity index (χ0) is 19.5. The van der Waals surface area contributed by atoms with E-state index in [4.69, 9.17) is 9.47 Å². The van der Waals surface area contributed by atoms with Crippen molar-refractivity contribution in [2.75, 3.05) is 31.7 Å². The minimum atomic E-state index is -0.155. The summed E-state index contributed by atoms with van der Waals surface area (Å²) in [7, 11) is 0. The van der Waals surface area contributed by atoms with E-state index in [1.165, 1.54) is 18.1 Å². The van der Waals surface area contributed by atoms with Crippen LogP contribution in [0, 0.1) is 0 Å². The molecule has 2 aromatic rings. The van der Waals surface area contributed by atoms with Gasteiger partial charge >= 0.3 is 0 Å². The first kappa shape index (κ1) is 18.3. The maximum atomic E-state index is 12.6. The Kier molecular flexibility index (Phi) is 5.12. The number of benzene rings is 2. The summed E-state index contributed by atoms with van der Waals surface area (Å²) in [5, 5.41) is 2.85. The molecule has 1 N–H and O–H groups in total. The lowest BCUT2D eigenvalue weighted by Crippen LogP contribution is -2.36. The van der Waals surface area contributed by atoms with E-state index in [0.29, 0.717) is 22.7 Å². The number of amides is 1. The number of nitrogens with one attached hydrogen (secondary N) is 1. The third-order valence-corrected chi connectivity index (χ3v) is 4.97. The third-order valence-electron chi connectivity index (χ3n) is 4.97. The van der Waals surface area contributed by atoms with Crippen LogP contribution >= 0.6 is 0 Å². The summed E-state index contributed by atoms with van der Waals surface area (Å²) in [5.74, 6) is 0.770. The van der Waals surface area contributed by atoms with Crippen LogP contribution in [-0.4, -0.2) is 43.0 Å². The van der Waals surface area contributed by atoms with Gasteiger partial charge in [0.25, 0.3) is 0 Å². The summed E-state index contributed by atoms with van der Waals surface area (Å²) in [6, 6.07) is 13.6. The number of ether oxygens (including phenoxy) is 2. The predicted octanol–water partition coefficient (Wildman–Crippen LogP) is 3.35. The number of anilines is 1. The predicted molar refractivity (Wildman–Crippen MR) is 107 cm³/mol. The minimum Gasteiger partial charge on any atom is -0.454 e. The van der Waals surface area contributed by atoms with Crippen molar-refractivity contribution in [1.82, 2.24) is 4.90 Å². The Morgan fingerprint density at radius 1 is 1.11 bits per heavy atom. The highest BCUT2D eigenvalue weighted by Crippen LogP contribution is 2.37. The van der Waals surface area contributed by atoms with Gasteiger partial charge in [-0.3, -0.25) is 14.5 Å². The molecule has 0 unspecified atom stereocenters. The minimum absolute atomic E-state index is 0.119. The molecule has 6 heteroatoms. The Balaban J connectivity index is 1.40. The highest BCUT2D eigenvalue weighted by Gasteiger charge is 2.21. The average Bonchev–Trinajstić information content (AvgIpc) is 3.16. The smallest absolute Gasteiger partial charge is 0.238 e. The van der Waals surface area contributed by atoms with Crippen LogP contribution in [-0.2, 0) is 4.79 Å². The Bertz CT molecular complexity index is 937. The number of rotatable bonds is 5. The number of fused-ring (bicyclic) bond motifs is 1. The van der Waals surface area contributed by atoms with Gasteiger partial charge in [0.15, 0.2) is 17.3 Å². The van der Waals surface area contributed by atoms with Gasteiger partial charge in [0.05, 0.1) is 12.2 Å². The van der Waals surface area contributed by atoms with Crippen molar-refractivity contribution < 1.29 is 19.1 Å². The molecule has 0 atom stereocenters. The number of carbonyl (C=O) groups excluding carboxylic acids is 2. The monoisotopic (exact) mass is 378 g/mol. The molecule has 144 valence electrons. The highest BCUT2D eigenvalue weighted by molar-refractivity contribution is 6.05. The fourth-order valence-corrected chi connectivity index (χ4v) is 3.50. The van der Waals surface area contributed by atoms with Crippen LogP contribution in [0.15, 0.2) is 48.5 Å². The first-order valence-corrected chi connectivity index (χ1v) is 9.31. The summed E-state index contributed by atoms with van der Waals surface area (Å²) in [4.78, 5) is 26.6. The third kappa shape index (κ3) is 3.92.